The van der Waals surface area contributed by atoms with Crippen molar-refractivity contribution in [3.63, 3.8) is 0 Å². The molecule has 0 saturated heterocycles. The highest BCUT2D eigenvalue weighted by Crippen LogP contribution is 2.22. The summed E-state index contributed by atoms with van der Waals surface area (Å²) in [6.07, 6.45) is 2.19. The highest BCUT2D eigenvalue weighted by Gasteiger charge is 2.06. The van der Waals surface area contributed by atoms with E-state index in [0.717, 1.165) is 6.08 Å². The number of aryl methyl sites for hydroxylation is 1. The minimum Gasteiger partial charge on any atom is -0.507 e. The molecule has 0 bridgehead atoms. The van der Waals surface area contributed by atoms with Gasteiger partial charge in [0.05, 0.1) is 0 Å². The SMILES string of the molecule is Cc1cccc(/C=C\C(=O)C(=O)O)c1O. The standard InChI is InChI=1S/C11H10O4/c1-7-3-2-4-8(10(7)13)5-6-9(12)11(14)15/h2-6,13H,1H3,(H,14,15)/b6-5-. The highest BCUT2D eigenvalue weighted by molar-refractivity contribution is 6.38. The first kappa shape index (κ1) is 11.0. The molecule has 0 saturated carbocycles. The highest BCUT2D eigenvalue weighted by atomic mass is 16.4. The second kappa shape index (κ2) is 4.41. The lowest BCUT2D eigenvalue weighted by Gasteiger charge is -2.01. The molecule has 0 fully saturated rings. The Morgan fingerprint density at radius 1 is 1.33 bits per heavy atom. The first-order valence-corrected chi connectivity index (χ1v) is 4.26. The number of carbonyl (C=O) groups is 2. The van der Waals surface area contributed by atoms with Gasteiger partial charge in [0.25, 0.3) is 5.78 Å². The van der Waals surface area contributed by atoms with Gasteiger partial charge in [-0.25, -0.2) is 4.79 Å². The number of phenolic OH excluding ortho intramolecular Hbond substituents is 1. The summed E-state index contributed by atoms with van der Waals surface area (Å²) >= 11 is 0. The maximum Gasteiger partial charge on any atom is 0.376 e. The molecule has 15 heavy (non-hydrogen) atoms. The van der Waals surface area contributed by atoms with Crippen LogP contribution in [0.1, 0.15) is 11.1 Å². The van der Waals surface area contributed by atoms with Crippen LogP contribution in [0.3, 0.4) is 0 Å². The lowest BCUT2D eigenvalue weighted by molar-refractivity contribution is -0.146. The molecule has 1 aromatic rings. The summed E-state index contributed by atoms with van der Waals surface area (Å²) in [6, 6.07) is 5.01. The summed E-state index contributed by atoms with van der Waals surface area (Å²) < 4.78 is 0. The minimum absolute atomic E-state index is 0.0481. The molecule has 4 nitrogen and oxygen atoms in total. The summed E-state index contributed by atoms with van der Waals surface area (Å²) in [5, 5.41) is 17.9. The van der Waals surface area contributed by atoms with Crippen LogP contribution in [0.5, 0.6) is 5.75 Å². The van der Waals surface area contributed by atoms with Gasteiger partial charge in [-0.15, -0.1) is 0 Å². The van der Waals surface area contributed by atoms with E-state index in [-0.39, 0.29) is 5.75 Å². The normalized spacial score (nSPS) is 10.5. The van der Waals surface area contributed by atoms with Crippen molar-refractivity contribution in [3.05, 3.63) is 35.4 Å². The molecule has 0 heterocycles. The Morgan fingerprint density at radius 3 is 2.60 bits per heavy atom. The Balaban J connectivity index is 2.95. The third kappa shape index (κ3) is 2.67. The molecule has 0 amide bonds. The molecular weight excluding hydrogens is 196 g/mol. The number of ketones is 1. The van der Waals surface area contributed by atoms with E-state index in [1.807, 2.05) is 0 Å². The van der Waals surface area contributed by atoms with Gasteiger partial charge in [0.15, 0.2) is 0 Å². The molecule has 0 aliphatic rings. The molecular formula is C11H10O4. The van der Waals surface area contributed by atoms with Crippen LogP contribution in [-0.4, -0.2) is 22.0 Å². The van der Waals surface area contributed by atoms with Crippen LogP contribution in [0.15, 0.2) is 24.3 Å². The van der Waals surface area contributed by atoms with Gasteiger partial charge in [0, 0.05) is 5.56 Å². The monoisotopic (exact) mass is 206 g/mol. The Morgan fingerprint density at radius 2 is 2.00 bits per heavy atom. The van der Waals surface area contributed by atoms with Crippen molar-refractivity contribution in [1.82, 2.24) is 0 Å². The predicted molar refractivity (Wildman–Crippen MR) is 54.5 cm³/mol. The van der Waals surface area contributed by atoms with Gasteiger partial charge in [-0.3, -0.25) is 4.79 Å². The van der Waals surface area contributed by atoms with Gasteiger partial charge in [-0.2, -0.15) is 0 Å². The van der Waals surface area contributed by atoms with Crippen molar-refractivity contribution in [2.45, 2.75) is 6.92 Å². The fourth-order valence-corrected chi connectivity index (χ4v) is 1.05. The summed E-state index contributed by atoms with van der Waals surface area (Å²) in [5.41, 5.74) is 1.09. The number of hydrogen-bond donors (Lipinski definition) is 2. The summed E-state index contributed by atoms with van der Waals surface area (Å²) in [6.45, 7) is 1.71. The molecule has 0 aromatic heterocycles. The van der Waals surface area contributed by atoms with Crippen molar-refractivity contribution in [1.29, 1.82) is 0 Å². The molecule has 78 valence electrons. The van der Waals surface area contributed by atoms with Crippen molar-refractivity contribution >= 4 is 17.8 Å². The van der Waals surface area contributed by atoms with Crippen LogP contribution >= 0.6 is 0 Å². The lowest BCUT2D eigenvalue weighted by atomic mass is 10.1. The Kier molecular flexibility index (Phi) is 3.23. The van der Waals surface area contributed by atoms with Crippen LogP contribution in [0.4, 0.5) is 0 Å². The Bertz CT molecular complexity index is 432. The van der Waals surface area contributed by atoms with E-state index in [1.165, 1.54) is 6.08 Å². The van der Waals surface area contributed by atoms with Crippen LogP contribution < -0.4 is 0 Å². The molecule has 0 spiro atoms. The largest absolute Gasteiger partial charge is 0.507 e. The molecule has 4 heteroatoms. The van der Waals surface area contributed by atoms with Gasteiger partial charge < -0.3 is 10.2 Å². The van der Waals surface area contributed by atoms with Crippen molar-refractivity contribution in [2.24, 2.45) is 0 Å². The third-order valence-corrected chi connectivity index (χ3v) is 1.89. The summed E-state index contributed by atoms with van der Waals surface area (Å²) in [4.78, 5) is 21.0. The van der Waals surface area contributed by atoms with Crippen LogP contribution in [-0.2, 0) is 9.59 Å². The first-order chi connectivity index (χ1) is 7.02. The average Bonchev–Trinajstić information content (AvgIpc) is 2.19. The molecule has 1 rings (SSSR count). The van der Waals surface area contributed by atoms with Gasteiger partial charge in [0.1, 0.15) is 5.75 Å². The van der Waals surface area contributed by atoms with Crippen LogP contribution in [0, 0.1) is 6.92 Å². The molecule has 0 aliphatic carbocycles. The summed E-state index contributed by atoms with van der Waals surface area (Å²) in [5.74, 6) is -2.48. The van der Waals surface area contributed by atoms with E-state index in [2.05, 4.69) is 0 Å². The lowest BCUT2D eigenvalue weighted by Crippen LogP contribution is -2.08. The second-order valence-corrected chi connectivity index (χ2v) is 3.02. The number of para-hydroxylation sites is 1. The van der Waals surface area contributed by atoms with E-state index >= 15 is 0 Å². The van der Waals surface area contributed by atoms with Crippen LogP contribution in [0.25, 0.3) is 6.08 Å². The van der Waals surface area contributed by atoms with E-state index in [0.29, 0.717) is 11.1 Å². The number of benzene rings is 1. The Hall–Kier alpha value is -2.10. The zero-order valence-electron chi connectivity index (χ0n) is 8.10. The smallest absolute Gasteiger partial charge is 0.376 e. The zero-order chi connectivity index (χ0) is 11.4. The van der Waals surface area contributed by atoms with Crippen molar-refractivity contribution < 1.29 is 19.8 Å². The Labute approximate surface area is 86.5 Å². The first-order valence-electron chi connectivity index (χ1n) is 4.26. The quantitative estimate of drug-likeness (QED) is 0.578. The number of hydrogen-bond acceptors (Lipinski definition) is 3. The number of aromatic hydroxyl groups is 1. The van der Waals surface area contributed by atoms with Gasteiger partial charge in [-0.1, -0.05) is 18.2 Å². The number of phenols is 1. The van der Waals surface area contributed by atoms with Crippen molar-refractivity contribution in [3.8, 4) is 5.75 Å². The summed E-state index contributed by atoms with van der Waals surface area (Å²) in [7, 11) is 0. The third-order valence-electron chi connectivity index (χ3n) is 1.89. The van der Waals surface area contributed by atoms with Crippen LogP contribution in [0.2, 0.25) is 0 Å². The topological polar surface area (TPSA) is 74.6 Å². The van der Waals surface area contributed by atoms with Crippen molar-refractivity contribution in [2.75, 3.05) is 0 Å². The molecule has 1 aromatic carbocycles. The second-order valence-electron chi connectivity index (χ2n) is 3.02. The van der Waals surface area contributed by atoms with E-state index in [4.69, 9.17) is 5.11 Å². The molecule has 0 aliphatic heterocycles. The average molecular weight is 206 g/mol. The molecule has 0 radical (unpaired) electrons. The zero-order valence-corrected chi connectivity index (χ0v) is 8.10. The fraction of sp³-hybridized carbons (Fsp3) is 0.0909. The number of carbonyl (C=O) groups excluding carboxylic acids is 1. The van der Waals surface area contributed by atoms with Gasteiger partial charge in [-0.05, 0) is 24.6 Å². The van der Waals surface area contributed by atoms with Gasteiger partial charge >= 0.3 is 5.97 Å². The van der Waals surface area contributed by atoms with E-state index in [9.17, 15) is 14.7 Å². The predicted octanol–water partition coefficient (Wildman–Crippen LogP) is 1.37. The molecule has 0 atom stereocenters. The van der Waals surface area contributed by atoms with E-state index < -0.39 is 11.8 Å². The number of carboxylic acids is 1. The molecule has 0 unspecified atom stereocenters. The minimum atomic E-state index is -1.52. The maximum atomic E-state index is 10.7. The van der Waals surface area contributed by atoms with E-state index in [1.54, 1.807) is 25.1 Å². The molecule has 2 N–H and O–H groups in total. The van der Waals surface area contributed by atoms with Gasteiger partial charge in [0.2, 0.25) is 0 Å². The number of rotatable bonds is 3. The maximum absolute atomic E-state index is 10.7. The fourth-order valence-electron chi connectivity index (χ4n) is 1.05. The number of carboxylic acid groups (broad SMARTS) is 1. The number of aliphatic carboxylic acids is 1.